The van der Waals surface area contributed by atoms with Crippen LogP contribution in [-0.4, -0.2) is 28.5 Å². The summed E-state index contributed by atoms with van der Waals surface area (Å²) >= 11 is 0. The molecule has 1 unspecified atom stereocenters. The zero-order valence-electron chi connectivity index (χ0n) is 11.1. The van der Waals surface area contributed by atoms with E-state index in [-0.39, 0.29) is 24.4 Å². The summed E-state index contributed by atoms with van der Waals surface area (Å²) in [6, 6.07) is 3.99. The maximum Gasteiger partial charge on any atom is 0.224 e. The summed E-state index contributed by atoms with van der Waals surface area (Å²) in [6.45, 7) is 0.520. The van der Waals surface area contributed by atoms with E-state index in [1.54, 1.807) is 6.20 Å². The van der Waals surface area contributed by atoms with Crippen LogP contribution in [0.25, 0.3) is 11.0 Å². The van der Waals surface area contributed by atoms with E-state index in [1.807, 2.05) is 18.3 Å². The van der Waals surface area contributed by atoms with E-state index < -0.39 is 0 Å². The molecule has 0 saturated heterocycles. The van der Waals surface area contributed by atoms with Gasteiger partial charge in [0, 0.05) is 30.4 Å². The van der Waals surface area contributed by atoms with Gasteiger partial charge in [-0.25, -0.2) is 4.98 Å². The molecule has 2 aromatic heterocycles. The van der Waals surface area contributed by atoms with Crippen molar-refractivity contribution in [3.63, 3.8) is 0 Å². The van der Waals surface area contributed by atoms with Crippen LogP contribution in [-0.2, 0) is 11.2 Å². The number of carbonyl (C=O) groups excluding carboxylic acids is 1. The van der Waals surface area contributed by atoms with Crippen LogP contribution in [0.5, 0.6) is 0 Å². The molecular formula is C14H19ClN4O. The summed E-state index contributed by atoms with van der Waals surface area (Å²) in [7, 11) is 0. The first kappa shape index (κ1) is 14.8. The second-order valence-electron chi connectivity index (χ2n) is 5.14. The minimum Gasteiger partial charge on any atom is -0.352 e. The van der Waals surface area contributed by atoms with E-state index in [1.165, 1.54) is 12.8 Å². The topological polar surface area (TPSA) is 83.8 Å². The summed E-state index contributed by atoms with van der Waals surface area (Å²) < 4.78 is 0. The Morgan fingerprint density at radius 2 is 2.35 bits per heavy atom. The molecule has 6 heteroatoms. The molecule has 0 spiro atoms. The Labute approximate surface area is 123 Å². The molecule has 1 fully saturated rings. The largest absolute Gasteiger partial charge is 0.352 e. The van der Waals surface area contributed by atoms with Gasteiger partial charge in [-0.3, -0.25) is 4.79 Å². The van der Waals surface area contributed by atoms with Crippen LogP contribution in [0, 0.1) is 5.92 Å². The van der Waals surface area contributed by atoms with Gasteiger partial charge < -0.3 is 16.0 Å². The quantitative estimate of drug-likeness (QED) is 0.779. The number of fused-ring (bicyclic) bond motifs is 1. The average Bonchev–Trinajstić information content (AvgIpc) is 3.19. The van der Waals surface area contributed by atoms with Crippen molar-refractivity contribution in [2.24, 2.45) is 11.7 Å². The van der Waals surface area contributed by atoms with Crippen LogP contribution in [0.15, 0.2) is 24.5 Å². The second-order valence-corrected chi connectivity index (χ2v) is 5.14. The molecule has 2 heterocycles. The minimum atomic E-state index is 0. The van der Waals surface area contributed by atoms with Crippen LogP contribution >= 0.6 is 12.4 Å². The lowest BCUT2D eigenvalue weighted by Gasteiger charge is -2.15. The van der Waals surface area contributed by atoms with Crippen molar-refractivity contribution in [2.75, 3.05) is 6.54 Å². The number of nitrogens with one attached hydrogen (secondary N) is 2. The maximum absolute atomic E-state index is 12.1. The molecular weight excluding hydrogens is 276 g/mol. The molecule has 20 heavy (non-hydrogen) atoms. The molecule has 1 aliphatic carbocycles. The predicted molar refractivity (Wildman–Crippen MR) is 80.8 cm³/mol. The molecule has 1 amide bonds. The lowest BCUT2D eigenvalue weighted by Crippen LogP contribution is -2.42. The molecule has 1 saturated carbocycles. The number of aromatic nitrogens is 2. The molecule has 0 radical (unpaired) electrons. The van der Waals surface area contributed by atoms with Gasteiger partial charge in [-0.2, -0.15) is 0 Å². The summed E-state index contributed by atoms with van der Waals surface area (Å²) in [4.78, 5) is 19.4. The normalized spacial score (nSPS) is 15.7. The monoisotopic (exact) mass is 294 g/mol. The van der Waals surface area contributed by atoms with Crippen LogP contribution in [0.3, 0.4) is 0 Å². The van der Waals surface area contributed by atoms with E-state index >= 15 is 0 Å². The summed E-state index contributed by atoms with van der Waals surface area (Å²) in [6.07, 6.45) is 6.32. The van der Waals surface area contributed by atoms with Gasteiger partial charge in [0.15, 0.2) is 0 Å². The molecule has 0 aromatic carbocycles. The number of hydrogen-bond donors (Lipinski definition) is 3. The zero-order valence-corrected chi connectivity index (χ0v) is 12.0. The SMILES string of the molecule is Cl.NCC(NC(=O)Cc1c[nH]c2ncccc12)C1CC1. The van der Waals surface area contributed by atoms with Gasteiger partial charge in [-0.15, -0.1) is 12.4 Å². The highest BCUT2D eigenvalue weighted by Gasteiger charge is 2.31. The van der Waals surface area contributed by atoms with Crippen LogP contribution < -0.4 is 11.1 Å². The van der Waals surface area contributed by atoms with Gasteiger partial charge >= 0.3 is 0 Å². The fourth-order valence-electron chi connectivity index (χ4n) is 2.46. The Bertz CT molecular complexity index is 594. The van der Waals surface area contributed by atoms with Crippen molar-refractivity contribution in [1.29, 1.82) is 0 Å². The highest BCUT2D eigenvalue weighted by molar-refractivity contribution is 5.87. The minimum absolute atomic E-state index is 0. The van der Waals surface area contributed by atoms with Crippen molar-refractivity contribution in [2.45, 2.75) is 25.3 Å². The van der Waals surface area contributed by atoms with Gasteiger partial charge in [0.05, 0.1) is 6.42 Å². The summed E-state index contributed by atoms with van der Waals surface area (Å²) in [5.74, 6) is 0.616. The first-order chi connectivity index (χ1) is 9.28. The van der Waals surface area contributed by atoms with E-state index in [9.17, 15) is 4.79 Å². The van der Waals surface area contributed by atoms with Crippen molar-refractivity contribution in [1.82, 2.24) is 15.3 Å². The Kier molecular flexibility index (Phi) is 4.62. The van der Waals surface area contributed by atoms with Gasteiger partial charge in [0.1, 0.15) is 5.65 Å². The van der Waals surface area contributed by atoms with E-state index in [2.05, 4.69) is 15.3 Å². The number of carbonyl (C=O) groups is 1. The highest BCUT2D eigenvalue weighted by atomic mass is 35.5. The van der Waals surface area contributed by atoms with Crippen molar-refractivity contribution < 1.29 is 4.79 Å². The third-order valence-electron chi connectivity index (χ3n) is 3.68. The van der Waals surface area contributed by atoms with Gasteiger partial charge in [0.2, 0.25) is 5.91 Å². The molecule has 2 aromatic rings. The third-order valence-corrected chi connectivity index (χ3v) is 3.68. The number of nitrogens with two attached hydrogens (primary N) is 1. The molecule has 108 valence electrons. The molecule has 1 atom stereocenters. The van der Waals surface area contributed by atoms with E-state index in [4.69, 9.17) is 5.73 Å². The fraction of sp³-hybridized carbons (Fsp3) is 0.429. The molecule has 3 rings (SSSR count). The summed E-state index contributed by atoms with van der Waals surface area (Å²) in [5.41, 5.74) is 7.50. The fourth-order valence-corrected chi connectivity index (χ4v) is 2.46. The zero-order chi connectivity index (χ0) is 13.2. The number of amides is 1. The Morgan fingerprint density at radius 3 is 3.05 bits per heavy atom. The van der Waals surface area contributed by atoms with Crippen LogP contribution in [0.4, 0.5) is 0 Å². The Hall–Kier alpha value is -1.59. The van der Waals surface area contributed by atoms with Crippen molar-refractivity contribution in [3.8, 4) is 0 Å². The number of rotatable bonds is 5. The predicted octanol–water partition coefficient (Wildman–Crippen LogP) is 1.38. The lowest BCUT2D eigenvalue weighted by molar-refractivity contribution is -0.121. The number of pyridine rings is 1. The standard InChI is InChI=1S/C14H18N4O.ClH/c15-7-12(9-3-4-9)18-13(19)6-10-8-17-14-11(10)2-1-5-16-14;/h1-2,5,8-9,12H,3-4,6-7,15H2,(H,16,17)(H,18,19);1H. The van der Waals surface area contributed by atoms with Gasteiger partial charge in [-0.1, -0.05) is 0 Å². The van der Waals surface area contributed by atoms with Gasteiger partial charge in [0.25, 0.3) is 0 Å². The lowest BCUT2D eigenvalue weighted by atomic mass is 10.1. The number of hydrogen-bond acceptors (Lipinski definition) is 3. The molecule has 4 N–H and O–H groups in total. The molecule has 5 nitrogen and oxygen atoms in total. The van der Waals surface area contributed by atoms with Crippen LogP contribution in [0.1, 0.15) is 18.4 Å². The molecule has 0 bridgehead atoms. The summed E-state index contributed by atoms with van der Waals surface area (Å²) in [5, 5.41) is 4.04. The number of nitrogens with zero attached hydrogens (tertiary/aromatic N) is 1. The number of H-pyrrole nitrogens is 1. The average molecular weight is 295 g/mol. The van der Waals surface area contributed by atoms with Crippen LogP contribution in [0.2, 0.25) is 0 Å². The smallest absolute Gasteiger partial charge is 0.224 e. The third kappa shape index (κ3) is 3.11. The molecule has 1 aliphatic rings. The Balaban J connectivity index is 0.00000147. The van der Waals surface area contributed by atoms with E-state index in [0.717, 1.165) is 16.6 Å². The maximum atomic E-state index is 12.1. The second kappa shape index (κ2) is 6.24. The van der Waals surface area contributed by atoms with Crippen molar-refractivity contribution >= 4 is 29.3 Å². The highest BCUT2D eigenvalue weighted by Crippen LogP contribution is 2.32. The first-order valence-electron chi connectivity index (χ1n) is 6.68. The van der Waals surface area contributed by atoms with E-state index in [0.29, 0.717) is 18.9 Å². The Morgan fingerprint density at radius 1 is 1.55 bits per heavy atom. The van der Waals surface area contributed by atoms with Gasteiger partial charge in [-0.05, 0) is 36.5 Å². The molecule has 0 aliphatic heterocycles. The number of halogens is 1. The first-order valence-corrected chi connectivity index (χ1v) is 6.68. The van der Waals surface area contributed by atoms with Crippen molar-refractivity contribution in [3.05, 3.63) is 30.1 Å². The number of aromatic amines is 1.